The summed E-state index contributed by atoms with van der Waals surface area (Å²) < 4.78 is 10.7. The molecular formula is C19H21ClN4O3. The largest absolute Gasteiger partial charge is 0.464 e. The summed E-state index contributed by atoms with van der Waals surface area (Å²) in [6, 6.07) is 4.03. The molecule has 2 N–H and O–H groups in total. The Morgan fingerprint density at radius 3 is 3.00 bits per heavy atom. The summed E-state index contributed by atoms with van der Waals surface area (Å²) in [6.45, 7) is 4.72. The number of piperazine rings is 1. The minimum absolute atomic E-state index is 0.122. The van der Waals surface area contributed by atoms with E-state index in [1.165, 1.54) is 11.3 Å². The number of amides is 2. The highest BCUT2D eigenvalue weighted by atomic mass is 35.5. The third kappa shape index (κ3) is 5.16. The zero-order valence-corrected chi connectivity index (χ0v) is 15.7. The minimum Gasteiger partial charge on any atom is -0.464 e. The molecule has 0 saturated carbocycles. The molecule has 0 spiro atoms. The summed E-state index contributed by atoms with van der Waals surface area (Å²) in [7, 11) is 1.63. The molecule has 2 unspecified atom stereocenters. The van der Waals surface area contributed by atoms with Gasteiger partial charge in [-0.1, -0.05) is 30.0 Å². The number of carbonyl (C=O) groups excluding carboxylic acids is 1. The van der Waals surface area contributed by atoms with E-state index in [1.54, 1.807) is 30.3 Å². The second-order valence-corrected chi connectivity index (χ2v) is 5.96. The molecule has 1 aliphatic rings. The smallest absolute Gasteiger partial charge is 0.336 e. The summed E-state index contributed by atoms with van der Waals surface area (Å²) in [5.41, 5.74) is 0.515. The van der Waals surface area contributed by atoms with Crippen molar-refractivity contribution in [1.29, 1.82) is 0 Å². The van der Waals surface area contributed by atoms with E-state index in [2.05, 4.69) is 29.1 Å². The van der Waals surface area contributed by atoms with Gasteiger partial charge in [0.05, 0.1) is 11.3 Å². The molecule has 27 heavy (non-hydrogen) atoms. The first kappa shape index (κ1) is 20.6. The first-order chi connectivity index (χ1) is 13.0. The Morgan fingerprint density at radius 2 is 2.37 bits per heavy atom. The van der Waals surface area contributed by atoms with Gasteiger partial charge in [0, 0.05) is 25.8 Å². The van der Waals surface area contributed by atoms with Crippen LogP contribution < -0.4 is 15.4 Å². The lowest BCUT2D eigenvalue weighted by Crippen LogP contribution is -2.64. The fourth-order valence-electron chi connectivity index (χ4n) is 2.61. The Morgan fingerprint density at radius 1 is 1.59 bits per heavy atom. The molecule has 1 heterocycles. The summed E-state index contributed by atoms with van der Waals surface area (Å²) in [5.74, 6) is 5.50. The Balaban J connectivity index is 2.07. The lowest BCUT2D eigenvalue weighted by Gasteiger charge is -2.42. The van der Waals surface area contributed by atoms with Gasteiger partial charge in [-0.05, 0) is 18.2 Å². The highest BCUT2D eigenvalue weighted by molar-refractivity contribution is 6.32. The lowest BCUT2D eigenvalue weighted by molar-refractivity contribution is -0.0855. The van der Waals surface area contributed by atoms with Gasteiger partial charge in [-0.15, -0.1) is 12.8 Å². The van der Waals surface area contributed by atoms with Crippen molar-refractivity contribution >= 4 is 23.3 Å². The molecule has 2 rings (SSSR count). The van der Waals surface area contributed by atoms with E-state index in [0.29, 0.717) is 29.5 Å². The van der Waals surface area contributed by atoms with Crippen molar-refractivity contribution in [2.24, 2.45) is 0 Å². The first-order valence-electron chi connectivity index (χ1n) is 8.14. The third-order valence-electron chi connectivity index (χ3n) is 3.88. The molecule has 0 bridgehead atoms. The molecule has 1 aromatic carbocycles. The number of benzene rings is 1. The predicted octanol–water partition coefficient (Wildman–Crippen LogP) is 2.12. The molecule has 2 atom stereocenters. The first-order valence-corrected chi connectivity index (χ1v) is 8.52. The molecule has 1 aliphatic heterocycles. The van der Waals surface area contributed by atoms with Crippen molar-refractivity contribution in [2.45, 2.75) is 12.3 Å². The van der Waals surface area contributed by atoms with Crippen LogP contribution in [0.5, 0.6) is 5.75 Å². The van der Waals surface area contributed by atoms with Crippen LogP contribution in [0.1, 0.15) is 0 Å². The van der Waals surface area contributed by atoms with E-state index in [0.717, 1.165) is 0 Å². The van der Waals surface area contributed by atoms with E-state index in [1.807, 2.05) is 0 Å². The van der Waals surface area contributed by atoms with Crippen molar-refractivity contribution in [1.82, 2.24) is 15.3 Å². The standard InChI is InChI=1S/C19H21ClN4O3/c1-5-12-27-18-16(6-2)24(11-10-21-18)23(4)19(25)22-14-8-9-17(26-7-3)15(20)13-14/h1-2,7-9,13,16,18,21H,3,10-12H2,4H3,(H,22,25). The molecule has 142 valence electrons. The monoisotopic (exact) mass is 388 g/mol. The highest BCUT2D eigenvalue weighted by Crippen LogP contribution is 2.28. The number of hydrogen-bond acceptors (Lipinski definition) is 5. The maximum atomic E-state index is 12.6. The minimum atomic E-state index is -0.491. The van der Waals surface area contributed by atoms with Gasteiger partial charge in [-0.25, -0.2) is 4.79 Å². The van der Waals surface area contributed by atoms with Crippen LogP contribution in [0.2, 0.25) is 5.02 Å². The molecule has 8 heteroatoms. The van der Waals surface area contributed by atoms with Crippen LogP contribution in [0.25, 0.3) is 0 Å². The van der Waals surface area contributed by atoms with Crippen molar-refractivity contribution in [2.75, 3.05) is 32.1 Å². The van der Waals surface area contributed by atoms with Crippen LogP contribution in [0, 0.1) is 24.7 Å². The summed E-state index contributed by atoms with van der Waals surface area (Å²) in [4.78, 5) is 12.6. The highest BCUT2D eigenvalue weighted by Gasteiger charge is 2.34. The van der Waals surface area contributed by atoms with E-state index >= 15 is 0 Å². The van der Waals surface area contributed by atoms with Gasteiger partial charge in [-0.2, -0.15) is 5.01 Å². The molecular weight excluding hydrogens is 368 g/mol. The van der Waals surface area contributed by atoms with Gasteiger partial charge < -0.3 is 14.8 Å². The number of carbonyl (C=O) groups is 1. The van der Waals surface area contributed by atoms with Crippen LogP contribution in [-0.4, -0.2) is 55.1 Å². The Kier molecular flexibility index (Phi) is 7.54. The van der Waals surface area contributed by atoms with Gasteiger partial charge in [0.2, 0.25) is 0 Å². The lowest BCUT2D eigenvalue weighted by atomic mass is 10.2. The maximum Gasteiger partial charge on any atom is 0.336 e. The topological polar surface area (TPSA) is 66.1 Å². The molecule has 2 amide bonds. The zero-order chi connectivity index (χ0) is 19.8. The van der Waals surface area contributed by atoms with Crippen molar-refractivity contribution in [3.05, 3.63) is 36.1 Å². The molecule has 0 aromatic heterocycles. The Bertz CT molecular complexity index is 771. The van der Waals surface area contributed by atoms with Crippen LogP contribution in [-0.2, 0) is 4.74 Å². The summed E-state index contributed by atoms with van der Waals surface area (Å²) in [5, 5.41) is 9.43. The van der Waals surface area contributed by atoms with Crippen LogP contribution in [0.15, 0.2) is 31.0 Å². The maximum absolute atomic E-state index is 12.6. The quantitative estimate of drug-likeness (QED) is 0.577. The zero-order valence-electron chi connectivity index (χ0n) is 14.9. The second-order valence-electron chi connectivity index (χ2n) is 5.55. The van der Waals surface area contributed by atoms with Crippen LogP contribution in [0.3, 0.4) is 0 Å². The van der Waals surface area contributed by atoms with Crippen molar-refractivity contribution < 1.29 is 14.3 Å². The fourth-order valence-corrected chi connectivity index (χ4v) is 2.84. The number of hydrazine groups is 1. The average molecular weight is 389 g/mol. The van der Waals surface area contributed by atoms with Crippen molar-refractivity contribution in [3.63, 3.8) is 0 Å². The third-order valence-corrected chi connectivity index (χ3v) is 4.18. The van der Waals surface area contributed by atoms with Gasteiger partial charge >= 0.3 is 6.03 Å². The van der Waals surface area contributed by atoms with E-state index in [9.17, 15) is 4.79 Å². The number of halogens is 1. The van der Waals surface area contributed by atoms with Gasteiger partial charge in [0.1, 0.15) is 24.6 Å². The van der Waals surface area contributed by atoms with E-state index in [-0.39, 0.29) is 12.6 Å². The van der Waals surface area contributed by atoms with Gasteiger partial charge in [-0.3, -0.25) is 10.3 Å². The van der Waals surface area contributed by atoms with E-state index in [4.69, 9.17) is 33.9 Å². The molecule has 1 aromatic rings. The summed E-state index contributed by atoms with van der Waals surface area (Å²) in [6.07, 6.45) is 11.7. The molecule has 7 nitrogen and oxygen atoms in total. The predicted molar refractivity (Wildman–Crippen MR) is 105 cm³/mol. The van der Waals surface area contributed by atoms with E-state index < -0.39 is 12.3 Å². The average Bonchev–Trinajstić information content (AvgIpc) is 2.67. The molecule has 1 saturated heterocycles. The number of terminal acetylenes is 2. The molecule has 1 fully saturated rings. The normalized spacial score (nSPS) is 19.4. The Labute approximate surface area is 164 Å². The number of rotatable bonds is 6. The number of hydrogen-bond donors (Lipinski definition) is 2. The Hall–Kier alpha value is -2.68. The summed E-state index contributed by atoms with van der Waals surface area (Å²) >= 11 is 6.12. The molecule has 0 radical (unpaired) electrons. The van der Waals surface area contributed by atoms with Crippen LogP contribution >= 0.6 is 11.6 Å². The van der Waals surface area contributed by atoms with Crippen LogP contribution in [0.4, 0.5) is 10.5 Å². The molecule has 0 aliphatic carbocycles. The number of ether oxygens (including phenoxy) is 2. The van der Waals surface area contributed by atoms with Gasteiger partial charge in [0.25, 0.3) is 0 Å². The second kappa shape index (κ2) is 9.86. The SMILES string of the molecule is C#CCOC1NCCN(N(C)C(=O)Nc2ccc(OC=C)c(Cl)c2)C1C#C. The number of nitrogens with zero attached hydrogens (tertiary/aromatic N) is 2. The number of nitrogens with one attached hydrogen (secondary N) is 2. The number of urea groups is 1. The van der Waals surface area contributed by atoms with Crippen molar-refractivity contribution in [3.8, 4) is 30.4 Å². The number of anilines is 1. The fraction of sp³-hybridized carbons (Fsp3) is 0.316. The van der Waals surface area contributed by atoms with Gasteiger partial charge in [0.15, 0.2) is 0 Å².